The highest BCUT2D eigenvalue weighted by Crippen LogP contribution is 2.31. The normalized spacial score (nSPS) is 22.0. The molecule has 2 fully saturated rings. The summed E-state index contributed by atoms with van der Waals surface area (Å²) in [5.41, 5.74) is 2.09. The maximum atomic E-state index is 12.4. The molecule has 2 aliphatic rings. The molecular formula is C18H27N3O3. The zero-order valence-electron chi connectivity index (χ0n) is 14.4. The molecule has 0 aliphatic carbocycles. The summed E-state index contributed by atoms with van der Waals surface area (Å²) in [6.45, 7) is 5.65. The van der Waals surface area contributed by atoms with Gasteiger partial charge in [-0.15, -0.1) is 0 Å². The molecule has 2 saturated heterocycles. The number of hydrogen-bond acceptors (Lipinski definition) is 5. The van der Waals surface area contributed by atoms with Gasteiger partial charge in [0.05, 0.1) is 43.7 Å². The van der Waals surface area contributed by atoms with Gasteiger partial charge in [0.25, 0.3) is 0 Å². The van der Waals surface area contributed by atoms with Gasteiger partial charge in [0, 0.05) is 33.3 Å². The third-order valence-electron chi connectivity index (χ3n) is 4.75. The van der Waals surface area contributed by atoms with Gasteiger partial charge in [-0.25, -0.2) is 0 Å². The van der Waals surface area contributed by atoms with Gasteiger partial charge < -0.3 is 14.4 Å². The summed E-state index contributed by atoms with van der Waals surface area (Å²) in [7, 11) is 1.63. The van der Waals surface area contributed by atoms with Crippen LogP contribution >= 0.6 is 0 Å². The first kappa shape index (κ1) is 17.3. The highest BCUT2D eigenvalue weighted by molar-refractivity contribution is 5.77. The number of aromatic nitrogens is 1. The summed E-state index contributed by atoms with van der Waals surface area (Å²) < 4.78 is 10.4. The summed E-state index contributed by atoms with van der Waals surface area (Å²) in [5, 5.41) is 0. The molecule has 1 amide bonds. The SMILES string of the molecule is COCCC(=O)N1CCC[C@@H]1c1cccc(CN2CCOCC2)n1. The summed E-state index contributed by atoms with van der Waals surface area (Å²) in [4.78, 5) is 21.6. The molecule has 1 aromatic heterocycles. The molecular weight excluding hydrogens is 306 g/mol. The van der Waals surface area contributed by atoms with Gasteiger partial charge in [-0.2, -0.15) is 0 Å². The van der Waals surface area contributed by atoms with Crippen LogP contribution in [0, 0.1) is 0 Å². The lowest BCUT2D eigenvalue weighted by Gasteiger charge is -2.27. The number of methoxy groups -OCH3 is 1. The maximum absolute atomic E-state index is 12.4. The fourth-order valence-electron chi connectivity index (χ4n) is 3.47. The number of morpholine rings is 1. The minimum Gasteiger partial charge on any atom is -0.384 e. The van der Waals surface area contributed by atoms with E-state index in [1.54, 1.807) is 7.11 Å². The van der Waals surface area contributed by atoms with E-state index in [2.05, 4.69) is 23.1 Å². The van der Waals surface area contributed by atoms with Gasteiger partial charge in [0.1, 0.15) is 0 Å². The Morgan fingerprint density at radius 3 is 2.96 bits per heavy atom. The van der Waals surface area contributed by atoms with Crippen molar-refractivity contribution in [3.63, 3.8) is 0 Å². The number of amides is 1. The maximum Gasteiger partial charge on any atom is 0.225 e. The topological polar surface area (TPSA) is 54.9 Å². The van der Waals surface area contributed by atoms with Gasteiger partial charge in [-0.3, -0.25) is 14.7 Å². The van der Waals surface area contributed by atoms with Crippen molar-refractivity contribution in [3.05, 3.63) is 29.6 Å². The minimum atomic E-state index is 0.110. The zero-order valence-corrected chi connectivity index (χ0v) is 14.4. The van der Waals surface area contributed by atoms with Gasteiger partial charge in [0.15, 0.2) is 0 Å². The Morgan fingerprint density at radius 1 is 1.33 bits per heavy atom. The van der Waals surface area contributed by atoms with Crippen LogP contribution in [0.15, 0.2) is 18.2 Å². The van der Waals surface area contributed by atoms with Crippen LogP contribution in [0.4, 0.5) is 0 Å². The molecule has 0 N–H and O–H groups in total. The summed E-state index contributed by atoms with van der Waals surface area (Å²) in [5.74, 6) is 0.166. The number of likely N-dealkylation sites (tertiary alicyclic amines) is 1. The first-order valence-electron chi connectivity index (χ1n) is 8.82. The van der Waals surface area contributed by atoms with Gasteiger partial charge >= 0.3 is 0 Å². The molecule has 0 unspecified atom stereocenters. The monoisotopic (exact) mass is 333 g/mol. The summed E-state index contributed by atoms with van der Waals surface area (Å²) in [6, 6.07) is 6.30. The van der Waals surface area contributed by atoms with Gasteiger partial charge in [-0.05, 0) is 25.0 Å². The Balaban J connectivity index is 1.66. The number of ether oxygens (including phenoxy) is 2. The average molecular weight is 333 g/mol. The molecule has 132 valence electrons. The van der Waals surface area contributed by atoms with Crippen LogP contribution in [0.3, 0.4) is 0 Å². The molecule has 2 aliphatic heterocycles. The molecule has 0 spiro atoms. The van der Waals surface area contributed by atoms with Crippen LogP contribution in [-0.2, 0) is 20.8 Å². The molecule has 3 heterocycles. The van der Waals surface area contributed by atoms with Crippen LogP contribution in [0.1, 0.15) is 36.7 Å². The van der Waals surface area contributed by atoms with E-state index >= 15 is 0 Å². The predicted molar refractivity (Wildman–Crippen MR) is 90.5 cm³/mol. The Kier molecular flexibility index (Phi) is 6.18. The van der Waals surface area contributed by atoms with Crippen molar-refractivity contribution in [1.29, 1.82) is 0 Å². The Morgan fingerprint density at radius 2 is 2.17 bits per heavy atom. The highest BCUT2D eigenvalue weighted by Gasteiger charge is 2.30. The van der Waals surface area contributed by atoms with E-state index in [1.165, 1.54) is 0 Å². The predicted octanol–water partition coefficient (Wildman–Crippen LogP) is 1.61. The van der Waals surface area contributed by atoms with Crippen molar-refractivity contribution in [2.45, 2.75) is 31.8 Å². The average Bonchev–Trinajstić information content (AvgIpc) is 3.11. The standard InChI is InChI=1S/C18H27N3O3/c1-23-11-7-18(22)21-8-3-6-17(21)16-5-2-4-15(19-16)14-20-9-12-24-13-10-20/h2,4-5,17H,3,6-14H2,1H3/t17-/m1/s1. The van der Waals surface area contributed by atoms with Gasteiger partial charge in [0.2, 0.25) is 5.91 Å². The van der Waals surface area contributed by atoms with Crippen molar-refractivity contribution in [1.82, 2.24) is 14.8 Å². The fraction of sp³-hybridized carbons (Fsp3) is 0.667. The molecule has 6 heteroatoms. The molecule has 1 atom stereocenters. The number of carbonyl (C=O) groups excluding carboxylic acids is 1. The molecule has 1 aromatic rings. The summed E-state index contributed by atoms with van der Waals surface area (Å²) in [6.07, 6.45) is 2.48. The largest absolute Gasteiger partial charge is 0.384 e. The van der Waals surface area contributed by atoms with Gasteiger partial charge in [-0.1, -0.05) is 6.07 Å². The molecule has 6 nitrogen and oxygen atoms in total. The Labute approximate surface area is 143 Å². The third kappa shape index (κ3) is 4.32. The van der Waals surface area contributed by atoms with Crippen molar-refractivity contribution >= 4 is 5.91 Å². The van der Waals surface area contributed by atoms with E-state index in [0.717, 1.165) is 63.6 Å². The molecule has 0 saturated carbocycles. The quantitative estimate of drug-likeness (QED) is 0.792. The molecule has 0 radical (unpaired) electrons. The molecule has 0 aromatic carbocycles. The van der Waals surface area contributed by atoms with E-state index in [0.29, 0.717) is 13.0 Å². The number of hydrogen-bond donors (Lipinski definition) is 0. The number of carbonyl (C=O) groups is 1. The lowest BCUT2D eigenvalue weighted by atomic mass is 10.1. The van der Waals surface area contributed by atoms with Crippen LogP contribution in [0.5, 0.6) is 0 Å². The lowest BCUT2D eigenvalue weighted by molar-refractivity contribution is -0.133. The van der Waals surface area contributed by atoms with Crippen LogP contribution < -0.4 is 0 Å². The van der Waals surface area contributed by atoms with E-state index in [9.17, 15) is 4.79 Å². The smallest absolute Gasteiger partial charge is 0.225 e. The number of rotatable bonds is 6. The van der Waals surface area contributed by atoms with Crippen molar-refractivity contribution in [3.8, 4) is 0 Å². The molecule has 24 heavy (non-hydrogen) atoms. The van der Waals surface area contributed by atoms with Crippen molar-refractivity contribution in [2.75, 3.05) is 46.6 Å². The first-order valence-corrected chi connectivity index (χ1v) is 8.82. The van der Waals surface area contributed by atoms with Crippen LogP contribution in [0.25, 0.3) is 0 Å². The number of nitrogens with zero attached hydrogens (tertiary/aromatic N) is 3. The Bertz CT molecular complexity index is 546. The van der Waals surface area contributed by atoms with Crippen LogP contribution in [-0.4, -0.2) is 67.3 Å². The van der Waals surface area contributed by atoms with E-state index < -0.39 is 0 Å². The third-order valence-corrected chi connectivity index (χ3v) is 4.75. The number of pyridine rings is 1. The van der Waals surface area contributed by atoms with Crippen LogP contribution in [0.2, 0.25) is 0 Å². The molecule has 0 bridgehead atoms. The fourth-order valence-corrected chi connectivity index (χ4v) is 3.47. The van der Waals surface area contributed by atoms with E-state index in [1.807, 2.05) is 4.90 Å². The van der Waals surface area contributed by atoms with Crippen molar-refractivity contribution < 1.29 is 14.3 Å². The van der Waals surface area contributed by atoms with E-state index in [-0.39, 0.29) is 11.9 Å². The lowest BCUT2D eigenvalue weighted by Crippen LogP contribution is -2.36. The van der Waals surface area contributed by atoms with E-state index in [4.69, 9.17) is 14.5 Å². The highest BCUT2D eigenvalue weighted by atomic mass is 16.5. The second kappa shape index (κ2) is 8.55. The zero-order chi connectivity index (χ0) is 16.8. The Hall–Kier alpha value is -1.50. The second-order valence-electron chi connectivity index (χ2n) is 6.43. The summed E-state index contributed by atoms with van der Waals surface area (Å²) >= 11 is 0. The molecule has 3 rings (SSSR count). The minimum absolute atomic E-state index is 0.110. The second-order valence-corrected chi connectivity index (χ2v) is 6.43. The first-order chi connectivity index (χ1) is 11.8. The van der Waals surface area contributed by atoms with Crippen molar-refractivity contribution in [2.24, 2.45) is 0 Å².